The summed E-state index contributed by atoms with van der Waals surface area (Å²) in [7, 11) is -1.95. The van der Waals surface area contributed by atoms with Crippen LogP contribution >= 0.6 is 0 Å². The van der Waals surface area contributed by atoms with Crippen LogP contribution in [0.3, 0.4) is 0 Å². The highest BCUT2D eigenvalue weighted by molar-refractivity contribution is 7.92. The smallest absolute Gasteiger partial charge is 0.238 e. The second-order valence-corrected chi connectivity index (χ2v) is 8.04. The van der Waals surface area contributed by atoms with Gasteiger partial charge in [-0.1, -0.05) is 12.1 Å². The fraction of sp³-hybridized carbons (Fsp3) is 0.562. The van der Waals surface area contributed by atoms with Crippen molar-refractivity contribution in [3.63, 3.8) is 0 Å². The molecule has 0 spiro atoms. The first kappa shape index (κ1) is 17.7. The Morgan fingerprint density at radius 2 is 2.26 bits per heavy atom. The first-order chi connectivity index (χ1) is 10.9. The Hall–Kier alpha value is -1.60. The van der Waals surface area contributed by atoms with Crippen molar-refractivity contribution in [3.8, 4) is 5.75 Å². The Morgan fingerprint density at radius 1 is 1.48 bits per heavy atom. The van der Waals surface area contributed by atoms with Crippen LogP contribution in [0.15, 0.2) is 24.3 Å². The quantitative estimate of drug-likeness (QED) is 0.808. The van der Waals surface area contributed by atoms with Gasteiger partial charge < -0.3 is 14.8 Å². The minimum atomic E-state index is -3.52. The Balaban J connectivity index is 1.90. The molecular weight excluding hydrogens is 318 g/mol. The van der Waals surface area contributed by atoms with E-state index in [1.807, 2.05) is 12.1 Å². The van der Waals surface area contributed by atoms with Gasteiger partial charge in [0.25, 0.3) is 0 Å². The molecular formula is C16H23NO5S. The van der Waals surface area contributed by atoms with Gasteiger partial charge >= 0.3 is 0 Å². The maximum atomic E-state index is 12.3. The number of hydrogen-bond donors (Lipinski definition) is 1. The summed E-state index contributed by atoms with van der Waals surface area (Å²) in [5.74, 6) is 0.0995. The van der Waals surface area contributed by atoms with Crippen LogP contribution in [0.1, 0.15) is 25.3 Å². The third-order valence-electron chi connectivity index (χ3n) is 3.95. The topological polar surface area (TPSA) is 81.7 Å². The summed E-state index contributed by atoms with van der Waals surface area (Å²) >= 11 is 0. The number of sulfone groups is 1. The molecule has 0 aromatic heterocycles. The molecule has 6 nitrogen and oxygen atoms in total. The molecule has 0 unspecified atom stereocenters. The summed E-state index contributed by atoms with van der Waals surface area (Å²) in [6, 6.07) is 7.26. The van der Waals surface area contributed by atoms with Gasteiger partial charge in [0.15, 0.2) is 9.84 Å². The van der Waals surface area contributed by atoms with E-state index < -0.39 is 21.0 Å². The van der Waals surface area contributed by atoms with Crippen molar-refractivity contribution in [2.24, 2.45) is 0 Å². The molecule has 2 rings (SSSR count). The average Bonchev–Trinajstić information content (AvgIpc) is 3.04. The molecule has 0 saturated carbocycles. The first-order valence-corrected chi connectivity index (χ1v) is 9.38. The lowest BCUT2D eigenvalue weighted by Crippen LogP contribution is -2.40. The molecule has 1 fully saturated rings. The van der Waals surface area contributed by atoms with Gasteiger partial charge in [-0.2, -0.15) is 0 Å². The molecule has 1 aromatic carbocycles. The minimum absolute atomic E-state index is 0.0965. The third kappa shape index (κ3) is 4.94. The van der Waals surface area contributed by atoms with Crippen molar-refractivity contribution >= 4 is 15.7 Å². The van der Waals surface area contributed by atoms with E-state index in [9.17, 15) is 13.2 Å². The number of ether oxygens (including phenoxy) is 2. The molecule has 128 valence electrons. The van der Waals surface area contributed by atoms with E-state index >= 15 is 0 Å². The van der Waals surface area contributed by atoms with Gasteiger partial charge in [-0.25, -0.2) is 8.42 Å². The van der Waals surface area contributed by atoms with Crippen LogP contribution in [-0.4, -0.2) is 45.1 Å². The standard InChI is InChI=1S/C16H23NO5S/c1-12(23(19,20)11-15-7-4-8-22-15)16(18)17-10-13-5-3-6-14(9-13)21-2/h3,5-6,9,12,15H,4,7-8,10-11H2,1-2H3,(H,17,18)/t12-,15-/m0/s1. The highest BCUT2D eigenvalue weighted by atomic mass is 32.2. The zero-order valence-corrected chi connectivity index (χ0v) is 14.3. The molecule has 0 bridgehead atoms. The largest absolute Gasteiger partial charge is 0.497 e. The van der Waals surface area contributed by atoms with Crippen molar-refractivity contribution in [3.05, 3.63) is 29.8 Å². The summed E-state index contributed by atoms with van der Waals surface area (Å²) in [4.78, 5) is 12.1. The van der Waals surface area contributed by atoms with Gasteiger partial charge in [0.2, 0.25) is 5.91 Å². The fourth-order valence-corrected chi connectivity index (χ4v) is 3.94. The molecule has 1 heterocycles. The molecule has 1 aliphatic rings. The van der Waals surface area contributed by atoms with Gasteiger partial charge in [-0.3, -0.25) is 4.79 Å². The second-order valence-electron chi connectivity index (χ2n) is 5.68. The fourth-order valence-electron chi connectivity index (χ4n) is 2.46. The van der Waals surface area contributed by atoms with Crippen LogP contribution in [0.25, 0.3) is 0 Å². The number of benzene rings is 1. The summed E-state index contributed by atoms with van der Waals surface area (Å²) < 4.78 is 35.0. The molecule has 1 N–H and O–H groups in total. The highest BCUT2D eigenvalue weighted by Gasteiger charge is 2.32. The van der Waals surface area contributed by atoms with Crippen molar-refractivity contribution in [1.82, 2.24) is 5.32 Å². The Morgan fingerprint density at radius 3 is 2.91 bits per heavy atom. The van der Waals surface area contributed by atoms with Crippen LogP contribution < -0.4 is 10.1 Å². The highest BCUT2D eigenvalue weighted by Crippen LogP contribution is 2.17. The van der Waals surface area contributed by atoms with Gasteiger partial charge in [0.05, 0.1) is 19.0 Å². The zero-order chi connectivity index (χ0) is 16.9. The van der Waals surface area contributed by atoms with Gasteiger partial charge in [0.1, 0.15) is 11.0 Å². The molecule has 1 aliphatic heterocycles. The number of hydrogen-bond acceptors (Lipinski definition) is 5. The van der Waals surface area contributed by atoms with Crippen LogP contribution in [0.2, 0.25) is 0 Å². The molecule has 0 aliphatic carbocycles. The lowest BCUT2D eigenvalue weighted by atomic mass is 10.2. The lowest BCUT2D eigenvalue weighted by Gasteiger charge is -2.16. The average molecular weight is 341 g/mol. The lowest BCUT2D eigenvalue weighted by molar-refractivity contribution is -0.120. The summed E-state index contributed by atoms with van der Waals surface area (Å²) in [5.41, 5.74) is 0.849. The van der Waals surface area contributed by atoms with Crippen molar-refractivity contribution in [2.45, 2.75) is 37.7 Å². The van der Waals surface area contributed by atoms with Crippen molar-refractivity contribution in [2.75, 3.05) is 19.5 Å². The summed E-state index contributed by atoms with van der Waals surface area (Å²) in [6.45, 7) is 2.28. The molecule has 1 aromatic rings. The zero-order valence-electron chi connectivity index (χ0n) is 13.4. The predicted molar refractivity (Wildman–Crippen MR) is 87.1 cm³/mol. The van der Waals surface area contributed by atoms with E-state index in [-0.39, 0.29) is 18.4 Å². The Bertz CT molecular complexity index is 638. The van der Waals surface area contributed by atoms with Gasteiger partial charge in [0, 0.05) is 13.2 Å². The number of carbonyl (C=O) groups is 1. The monoisotopic (exact) mass is 341 g/mol. The van der Waals surface area contributed by atoms with E-state index in [0.29, 0.717) is 12.4 Å². The molecule has 23 heavy (non-hydrogen) atoms. The molecule has 7 heteroatoms. The summed E-state index contributed by atoms with van der Waals surface area (Å²) in [5, 5.41) is 1.58. The van der Waals surface area contributed by atoms with Crippen LogP contribution in [0.5, 0.6) is 5.75 Å². The van der Waals surface area contributed by atoms with E-state index in [1.165, 1.54) is 6.92 Å². The molecule has 0 radical (unpaired) electrons. The Kier molecular flexibility index (Phi) is 6.01. The van der Waals surface area contributed by atoms with E-state index in [0.717, 1.165) is 18.4 Å². The van der Waals surface area contributed by atoms with E-state index in [2.05, 4.69) is 5.32 Å². The number of carbonyl (C=O) groups excluding carboxylic acids is 1. The van der Waals surface area contributed by atoms with E-state index in [1.54, 1.807) is 19.2 Å². The van der Waals surface area contributed by atoms with Crippen molar-refractivity contribution < 1.29 is 22.7 Å². The molecule has 2 atom stereocenters. The number of nitrogens with one attached hydrogen (secondary N) is 1. The van der Waals surface area contributed by atoms with Gasteiger partial charge in [-0.15, -0.1) is 0 Å². The number of methoxy groups -OCH3 is 1. The number of rotatable bonds is 7. The van der Waals surface area contributed by atoms with E-state index in [4.69, 9.17) is 9.47 Å². The normalized spacial score (nSPS) is 19.3. The van der Waals surface area contributed by atoms with Crippen LogP contribution in [0.4, 0.5) is 0 Å². The molecule has 1 amide bonds. The first-order valence-electron chi connectivity index (χ1n) is 7.66. The maximum Gasteiger partial charge on any atom is 0.238 e. The van der Waals surface area contributed by atoms with Gasteiger partial charge in [-0.05, 0) is 37.5 Å². The summed E-state index contributed by atoms with van der Waals surface area (Å²) in [6.07, 6.45) is 1.32. The Labute approximate surface area is 137 Å². The minimum Gasteiger partial charge on any atom is -0.497 e. The van der Waals surface area contributed by atoms with Crippen LogP contribution in [0, 0.1) is 0 Å². The predicted octanol–water partition coefficient (Wildman–Crippen LogP) is 1.29. The SMILES string of the molecule is COc1cccc(CNC(=O)[C@H](C)S(=O)(=O)C[C@@H]2CCCO2)c1. The maximum absolute atomic E-state index is 12.3. The van der Waals surface area contributed by atoms with Crippen molar-refractivity contribution in [1.29, 1.82) is 0 Å². The third-order valence-corrected chi connectivity index (χ3v) is 6.08. The van der Waals surface area contributed by atoms with Crippen LogP contribution in [-0.2, 0) is 25.9 Å². The number of amides is 1. The molecule has 1 saturated heterocycles. The second kappa shape index (κ2) is 7.79.